The van der Waals surface area contributed by atoms with E-state index in [1.165, 1.54) is 70.1 Å². The Bertz CT molecular complexity index is 229. The molecule has 2 rings (SSSR count). The van der Waals surface area contributed by atoms with Crippen LogP contribution in [0.2, 0.25) is 0 Å². The van der Waals surface area contributed by atoms with Crippen LogP contribution in [0, 0.1) is 11.8 Å². The average Bonchev–Trinajstić information content (AvgIpc) is 2.93. The summed E-state index contributed by atoms with van der Waals surface area (Å²) < 4.78 is 0. The van der Waals surface area contributed by atoms with Gasteiger partial charge in [-0.15, -0.1) is 0 Å². The summed E-state index contributed by atoms with van der Waals surface area (Å²) >= 11 is 2.27. The normalized spacial score (nSPS) is 30.6. The Morgan fingerprint density at radius 2 is 1.74 bits per heavy atom. The Morgan fingerprint density at radius 1 is 1.05 bits per heavy atom. The largest absolute Gasteiger partial charge is 0.313 e. The van der Waals surface area contributed by atoms with Crippen LogP contribution in [0.1, 0.15) is 71.6 Å². The van der Waals surface area contributed by atoms with Crippen LogP contribution in [0.5, 0.6) is 0 Å². The highest BCUT2D eigenvalue weighted by atomic mass is 32.2. The van der Waals surface area contributed by atoms with Crippen molar-refractivity contribution in [3.63, 3.8) is 0 Å². The van der Waals surface area contributed by atoms with Gasteiger partial charge in [0, 0.05) is 17.0 Å². The van der Waals surface area contributed by atoms with Gasteiger partial charge in [-0.1, -0.05) is 39.5 Å². The van der Waals surface area contributed by atoms with Crippen LogP contribution in [-0.2, 0) is 0 Å². The van der Waals surface area contributed by atoms with Gasteiger partial charge in [0.2, 0.25) is 0 Å². The van der Waals surface area contributed by atoms with Crippen LogP contribution < -0.4 is 5.32 Å². The molecule has 19 heavy (non-hydrogen) atoms. The molecule has 0 aliphatic heterocycles. The molecular weight excluding hydrogens is 250 g/mol. The molecule has 0 aromatic carbocycles. The van der Waals surface area contributed by atoms with Crippen molar-refractivity contribution in [1.82, 2.24) is 5.32 Å². The highest BCUT2D eigenvalue weighted by Gasteiger charge is 2.27. The predicted molar refractivity (Wildman–Crippen MR) is 87.9 cm³/mol. The van der Waals surface area contributed by atoms with Gasteiger partial charge in [0.1, 0.15) is 0 Å². The first-order valence-corrected chi connectivity index (χ1v) is 9.69. The van der Waals surface area contributed by atoms with Crippen molar-refractivity contribution in [3.8, 4) is 0 Å². The maximum Gasteiger partial charge on any atom is 0.0186 e. The first kappa shape index (κ1) is 15.7. The van der Waals surface area contributed by atoms with Gasteiger partial charge in [-0.2, -0.15) is 11.8 Å². The van der Waals surface area contributed by atoms with Gasteiger partial charge in [0.25, 0.3) is 0 Å². The molecule has 0 amide bonds. The number of rotatable bonds is 7. The third kappa shape index (κ3) is 5.30. The molecule has 0 heterocycles. The molecule has 1 unspecified atom stereocenters. The van der Waals surface area contributed by atoms with E-state index in [-0.39, 0.29) is 0 Å². The maximum absolute atomic E-state index is 3.86. The van der Waals surface area contributed by atoms with Crippen molar-refractivity contribution in [3.05, 3.63) is 0 Å². The minimum Gasteiger partial charge on any atom is -0.313 e. The third-order valence-electron chi connectivity index (χ3n) is 5.10. The fourth-order valence-corrected chi connectivity index (χ4v) is 5.21. The fraction of sp³-hybridized carbons (Fsp3) is 1.00. The zero-order valence-corrected chi connectivity index (χ0v) is 13.8. The Balaban J connectivity index is 1.76. The second-order valence-corrected chi connectivity index (χ2v) is 8.15. The SMILES string of the molecule is CCCNC(CSC1CCCC1)C1CCC(C)CC1. The molecule has 0 bridgehead atoms. The summed E-state index contributed by atoms with van der Waals surface area (Å²) in [5, 5.41) is 4.84. The van der Waals surface area contributed by atoms with E-state index in [4.69, 9.17) is 0 Å². The first-order valence-electron chi connectivity index (χ1n) is 8.64. The maximum atomic E-state index is 3.86. The summed E-state index contributed by atoms with van der Waals surface area (Å²) in [6.07, 6.45) is 13.0. The van der Waals surface area contributed by atoms with Crippen LogP contribution in [0.4, 0.5) is 0 Å². The van der Waals surface area contributed by atoms with Crippen molar-refractivity contribution in [2.45, 2.75) is 82.9 Å². The zero-order chi connectivity index (χ0) is 13.5. The number of nitrogens with one attached hydrogen (secondary N) is 1. The summed E-state index contributed by atoms with van der Waals surface area (Å²) in [7, 11) is 0. The van der Waals surface area contributed by atoms with Crippen LogP contribution in [0.25, 0.3) is 0 Å². The molecule has 1 N–H and O–H groups in total. The van der Waals surface area contributed by atoms with E-state index in [9.17, 15) is 0 Å². The lowest BCUT2D eigenvalue weighted by Gasteiger charge is -2.33. The Kier molecular flexibility index (Phi) is 7.07. The average molecular weight is 284 g/mol. The lowest BCUT2D eigenvalue weighted by Crippen LogP contribution is -2.40. The highest BCUT2D eigenvalue weighted by molar-refractivity contribution is 7.99. The van der Waals surface area contributed by atoms with Gasteiger partial charge >= 0.3 is 0 Å². The van der Waals surface area contributed by atoms with Crippen LogP contribution in [0.3, 0.4) is 0 Å². The van der Waals surface area contributed by atoms with E-state index < -0.39 is 0 Å². The molecule has 2 fully saturated rings. The van der Waals surface area contributed by atoms with Crippen molar-refractivity contribution in [1.29, 1.82) is 0 Å². The summed E-state index contributed by atoms with van der Waals surface area (Å²) in [5.41, 5.74) is 0. The lowest BCUT2D eigenvalue weighted by molar-refractivity contribution is 0.242. The second-order valence-electron chi connectivity index (χ2n) is 6.82. The molecule has 2 heteroatoms. The van der Waals surface area contributed by atoms with Crippen molar-refractivity contribution in [2.24, 2.45) is 11.8 Å². The van der Waals surface area contributed by atoms with Crippen molar-refractivity contribution >= 4 is 11.8 Å². The quantitative estimate of drug-likeness (QED) is 0.716. The van der Waals surface area contributed by atoms with Gasteiger partial charge in [-0.3, -0.25) is 0 Å². The highest BCUT2D eigenvalue weighted by Crippen LogP contribution is 2.34. The standard InChI is InChI=1S/C17H33NS/c1-3-12-18-17(13-19-16-6-4-5-7-16)15-10-8-14(2)9-11-15/h14-18H,3-13H2,1-2H3. The van der Waals surface area contributed by atoms with Crippen LogP contribution >= 0.6 is 11.8 Å². The van der Waals surface area contributed by atoms with Crippen molar-refractivity contribution in [2.75, 3.05) is 12.3 Å². The first-order chi connectivity index (χ1) is 9.29. The number of hydrogen-bond donors (Lipinski definition) is 1. The van der Waals surface area contributed by atoms with Gasteiger partial charge in [-0.25, -0.2) is 0 Å². The molecule has 0 aromatic heterocycles. The summed E-state index contributed by atoms with van der Waals surface area (Å²) in [6.45, 7) is 5.93. The van der Waals surface area contributed by atoms with Crippen molar-refractivity contribution < 1.29 is 0 Å². The molecule has 2 saturated carbocycles. The summed E-state index contributed by atoms with van der Waals surface area (Å²) in [4.78, 5) is 0. The molecule has 112 valence electrons. The summed E-state index contributed by atoms with van der Waals surface area (Å²) in [6, 6.07) is 0.790. The molecule has 0 spiro atoms. The van der Waals surface area contributed by atoms with E-state index in [0.29, 0.717) is 0 Å². The predicted octanol–water partition coefficient (Wildman–Crippen LogP) is 4.86. The Hall–Kier alpha value is 0.310. The van der Waals surface area contributed by atoms with E-state index >= 15 is 0 Å². The molecule has 1 nitrogen and oxygen atoms in total. The topological polar surface area (TPSA) is 12.0 Å². The van der Waals surface area contributed by atoms with Crippen LogP contribution in [0.15, 0.2) is 0 Å². The Morgan fingerprint density at radius 3 is 2.37 bits per heavy atom. The van der Waals surface area contributed by atoms with E-state index in [0.717, 1.165) is 23.1 Å². The smallest absolute Gasteiger partial charge is 0.0186 e. The monoisotopic (exact) mass is 283 g/mol. The van der Waals surface area contributed by atoms with Gasteiger partial charge < -0.3 is 5.32 Å². The molecule has 2 aliphatic rings. The van der Waals surface area contributed by atoms with Gasteiger partial charge in [-0.05, 0) is 50.5 Å². The Labute approximate surface area is 124 Å². The zero-order valence-electron chi connectivity index (χ0n) is 13.0. The third-order valence-corrected chi connectivity index (χ3v) is 6.59. The van der Waals surface area contributed by atoms with E-state index in [1.807, 2.05) is 0 Å². The second kappa shape index (κ2) is 8.56. The van der Waals surface area contributed by atoms with E-state index in [2.05, 4.69) is 30.9 Å². The minimum atomic E-state index is 0.790. The molecule has 0 radical (unpaired) electrons. The number of thioether (sulfide) groups is 1. The molecule has 2 aliphatic carbocycles. The van der Waals surface area contributed by atoms with Crippen LogP contribution in [-0.4, -0.2) is 23.6 Å². The number of hydrogen-bond acceptors (Lipinski definition) is 2. The minimum absolute atomic E-state index is 0.790. The van der Waals surface area contributed by atoms with Gasteiger partial charge in [0.15, 0.2) is 0 Å². The fourth-order valence-electron chi connectivity index (χ4n) is 3.67. The molecule has 1 atom stereocenters. The van der Waals surface area contributed by atoms with Gasteiger partial charge in [0.05, 0.1) is 0 Å². The summed E-state index contributed by atoms with van der Waals surface area (Å²) in [5.74, 6) is 3.30. The molecule has 0 saturated heterocycles. The lowest BCUT2D eigenvalue weighted by atomic mass is 9.79. The van der Waals surface area contributed by atoms with E-state index in [1.54, 1.807) is 0 Å². The molecule has 0 aromatic rings. The molecular formula is C17H33NS.